The van der Waals surface area contributed by atoms with E-state index < -0.39 is 0 Å². The number of likely N-dealkylation sites (tertiary alicyclic amines) is 1. The van der Waals surface area contributed by atoms with Crippen molar-refractivity contribution < 1.29 is 4.79 Å². The number of likely N-dealkylation sites (N-methyl/N-ethyl adjacent to an activating group) is 1. The van der Waals surface area contributed by atoms with Crippen LogP contribution in [-0.2, 0) is 4.79 Å². The summed E-state index contributed by atoms with van der Waals surface area (Å²) >= 11 is 0. The van der Waals surface area contributed by atoms with Crippen molar-refractivity contribution >= 4 is 5.91 Å². The molecule has 1 heterocycles. The molecule has 2 atom stereocenters. The summed E-state index contributed by atoms with van der Waals surface area (Å²) in [6, 6.07) is 0.617. The smallest absolute Gasteiger partial charge is 0.216 e. The van der Waals surface area contributed by atoms with Crippen molar-refractivity contribution in [3.63, 3.8) is 0 Å². The van der Waals surface area contributed by atoms with Gasteiger partial charge in [0.25, 0.3) is 0 Å². The molecule has 0 radical (unpaired) electrons. The Morgan fingerprint density at radius 2 is 2.19 bits per heavy atom. The number of nitrogens with zero attached hydrogens (tertiary/aromatic N) is 1. The van der Waals surface area contributed by atoms with E-state index in [2.05, 4.69) is 29.4 Å². The molecular weight excluding hydrogens is 202 g/mol. The van der Waals surface area contributed by atoms with Gasteiger partial charge < -0.3 is 10.6 Å². The van der Waals surface area contributed by atoms with E-state index in [1.165, 1.54) is 6.42 Å². The molecule has 1 aliphatic rings. The third-order valence-electron chi connectivity index (χ3n) is 3.03. The molecule has 16 heavy (non-hydrogen) atoms. The first-order valence-corrected chi connectivity index (χ1v) is 6.32. The van der Waals surface area contributed by atoms with Crippen LogP contribution in [0.2, 0.25) is 0 Å². The van der Waals surface area contributed by atoms with Crippen LogP contribution in [0.1, 0.15) is 27.2 Å². The molecule has 0 aromatic carbocycles. The Labute approximate surface area is 98.8 Å². The van der Waals surface area contributed by atoms with Crippen molar-refractivity contribution in [1.82, 2.24) is 15.5 Å². The maximum absolute atomic E-state index is 10.8. The molecule has 1 amide bonds. The van der Waals surface area contributed by atoms with E-state index in [-0.39, 0.29) is 5.91 Å². The number of hydrogen-bond acceptors (Lipinski definition) is 3. The zero-order valence-corrected chi connectivity index (χ0v) is 10.8. The van der Waals surface area contributed by atoms with Crippen molar-refractivity contribution in [2.45, 2.75) is 33.2 Å². The molecule has 1 aliphatic heterocycles. The molecular formula is C12H25N3O. The standard InChI is InChI=1S/C12H25N3O/c1-4-13-12-7-10(2)8-15(9-12)6-5-14-11(3)16/h10,12-13H,4-9H2,1-3H3,(H,14,16). The minimum Gasteiger partial charge on any atom is -0.355 e. The van der Waals surface area contributed by atoms with Crippen LogP contribution >= 0.6 is 0 Å². The number of amides is 1. The van der Waals surface area contributed by atoms with Crippen LogP contribution in [-0.4, -0.2) is 49.6 Å². The van der Waals surface area contributed by atoms with Gasteiger partial charge >= 0.3 is 0 Å². The van der Waals surface area contributed by atoms with Gasteiger partial charge in [0.2, 0.25) is 5.91 Å². The van der Waals surface area contributed by atoms with Gasteiger partial charge in [-0.1, -0.05) is 13.8 Å². The first-order chi connectivity index (χ1) is 7.61. The third kappa shape index (κ3) is 4.94. The normalized spacial score (nSPS) is 26.7. The summed E-state index contributed by atoms with van der Waals surface area (Å²) in [5.74, 6) is 0.809. The van der Waals surface area contributed by atoms with Crippen LogP contribution in [0.3, 0.4) is 0 Å². The molecule has 1 fully saturated rings. The van der Waals surface area contributed by atoms with E-state index in [1.54, 1.807) is 6.92 Å². The molecule has 2 N–H and O–H groups in total. The maximum atomic E-state index is 10.8. The van der Waals surface area contributed by atoms with Gasteiger partial charge in [0, 0.05) is 39.1 Å². The van der Waals surface area contributed by atoms with Gasteiger partial charge in [0.05, 0.1) is 0 Å². The molecule has 1 rings (SSSR count). The average Bonchev–Trinajstić information content (AvgIpc) is 2.16. The van der Waals surface area contributed by atoms with Crippen molar-refractivity contribution in [3.8, 4) is 0 Å². The quantitative estimate of drug-likeness (QED) is 0.716. The highest BCUT2D eigenvalue weighted by atomic mass is 16.1. The zero-order chi connectivity index (χ0) is 12.0. The van der Waals surface area contributed by atoms with E-state index in [1.807, 2.05) is 0 Å². The van der Waals surface area contributed by atoms with E-state index in [4.69, 9.17) is 0 Å². The summed E-state index contributed by atoms with van der Waals surface area (Å²) in [6.45, 7) is 11.1. The molecule has 94 valence electrons. The van der Waals surface area contributed by atoms with Crippen LogP contribution in [0.15, 0.2) is 0 Å². The van der Waals surface area contributed by atoms with E-state index >= 15 is 0 Å². The lowest BCUT2D eigenvalue weighted by Gasteiger charge is -2.36. The number of hydrogen-bond donors (Lipinski definition) is 2. The largest absolute Gasteiger partial charge is 0.355 e. The molecule has 0 saturated carbocycles. The lowest BCUT2D eigenvalue weighted by molar-refractivity contribution is -0.119. The van der Waals surface area contributed by atoms with E-state index in [0.717, 1.165) is 38.6 Å². The molecule has 2 unspecified atom stereocenters. The number of nitrogens with one attached hydrogen (secondary N) is 2. The minimum atomic E-state index is 0.0632. The van der Waals surface area contributed by atoms with Gasteiger partial charge in [0.1, 0.15) is 0 Å². The fourth-order valence-electron chi connectivity index (χ4n) is 2.47. The lowest BCUT2D eigenvalue weighted by Crippen LogP contribution is -2.50. The summed E-state index contributed by atoms with van der Waals surface area (Å²) in [4.78, 5) is 13.2. The van der Waals surface area contributed by atoms with E-state index in [0.29, 0.717) is 6.04 Å². The summed E-state index contributed by atoms with van der Waals surface area (Å²) in [6.07, 6.45) is 1.27. The van der Waals surface area contributed by atoms with Gasteiger partial charge in [0.15, 0.2) is 0 Å². The molecule has 0 aromatic heterocycles. The SMILES string of the molecule is CCNC1CC(C)CN(CCNC(C)=O)C1. The van der Waals surface area contributed by atoms with Crippen molar-refractivity contribution in [2.24, 2.45) is 5.92 Å². The van der Waals surface area contributed by atoms with Crippen LogP contribution in [0.5, 0.6) is 0 Å². The molecule has 0 aliphatic carbocycles. The number of piperidine rings is 1. The Balaban J connectivity index is 2.27. The van der Waals surface area contributed by atoms with Gasteiger partial charge in [-0.2, -0.15) is 0 Å². The molecule has 4 nitrogen and oxygen atoms in total. The second-order valence-electron chi connectivity index (χ2n) is 4.84. The summed E-state index contributed by atoms with van der Waals surface area (Å²) < 4.78 is 0. The van der Waals surface area contributed by atoms with Crippen molar-refractivity contribution in [2.75, 3.05) is 32.7 Å². The predicted molar refractivity (Wildman–Crippen MR) is 66.4 cm³/mol. The highest BCUT2D eigenvalue weighted by Crippen LogP contribution is 2.15. The first kappa shape index (κ1) is 13.5. The second-order valence-corrected chi connectivity index (χ2v) is 4.84. The van der Waals surface area contributed by atoms with Gasteiger partial charge in [-0.25, -0.2) is 0 Å². The van der Waals surface area contributed by atoms with Crippen LogP contribution in [0.25, 0.3) is 0 Å². The monoisotopic (exact) mass is 227 g/mol. The molecule has 0 spiro atoms. The first-order valence-electron chi connectivity index (χ1n) is 6.32. The van der Waals surface area contributed by atoms with Crippen LogP contribution in [0.4, 0.5) is 0 Å². The Kier molecular flexibility index (Phi) is 5.77. The fraction of sp³-hybridized carbons (Fsp3) is 0.917. The summed E-state index contributed by atoms with van der Waals surface area (Å²) in [7, 11) is 0. The Morgan fingerprint density at radius 1 is 1.44 bits per heavy atom. The highest BCUT2D eigenvalue weighted by molar-refractivity contribution is 5.72. The predicted octanol–water partition coefficient (Wildman–Crippen LogP) is 0.442. The van der Waals surface area contributed by atoms with Crippen molar-refractivity contribution in [3.05, 3.63) is 0 Å². The summed E-state index contributed by atoms with van der Waals surface area (Å²) in [5.41, 5.74) is 0. The molecule has 0 bridgehead atoms. The number of rotatable bonds is 5. The fourth-order valence-corrected chi connectivity index (χ4v) is 2.47. The number of carbonyl (C=O) groups excluding carboxylic acids is 1. The second kappa shape index (κ2) is 6.86. The average molecular weight is 227 g/mol. The molecule has 0 aromatic rings. The minimum absolute atomic E-state index is 0.0632. The Morgan fingerprint density at radius 3 is 2.81 bits per heavy atom. The van der Waals surface area contributed by atoms with Crippen LogP contribution < -0.4 is 10.6 Å². The zero-order valence-electron chi connectivity index (χ0n) is 10.8. The van der Waals surface area contributed by atoms with Crippen molar-refractivity contribution in [1.29, 1.82) is 0 Å². The van der Waals surface area contributed by atoms with E-state index in [9.17, 15) is 4.79 Å². The molecule has 1 saturated heterocycles. The third-order valence-corrected chi connectivity index (χ3v) is 3.03. The summed E-state index contributed by atoms with van der Waals surface area (Å²) in [5, 5.41) is 6.37. The topological polar surface area (TPSA) is 44.4 Å². The highest BCUT2D eigenvalue weighted by Gasteiger charge is 2.23. The number of carbonyl (C=O) groups is 1. The Hall–Kier alpha value is -0.610. The maximum Gasteiger partial charge on any atom is 0.216 e. The van der Waals surface area contributed by atoms with Gasteiger partial charge in [-0.15, -0.1) is 0 Å². The lowest BCUT2D eigenvalue weighted by atomic mass is 9.96. The van der Waals surface area contributed by atoms with Crippen LogP contribution in [0, 0.1) is 5.92 Å². The van der Waals surface area contributed by atoms with Gasteiger partial charge in [-0.3, -0.25) is 9.69 Å². The van der Waals surface area contributed by atoms with Gasteiger partial charge in [-0.05, 0) is 18.9 Å². The Bertz CT molecular complexity index is 220. The molecule has 4 heteroatoms.